The van der Waals surface area contributed by atoms with E-state index >= 15 is 0 Å². The zero-order chi connectivity index (χ0) is 15.9. The van der Waals surface area contributed by atoms with Gasteiger partial charge < -0.3 is 15.2 Å². The molecule has 1 rings (SSSR count). The molecular formula is C17H36N2O2. The molecule has 0 bridgehead atoms. The van der Waals surface area contributed by atoms with Crippen LogP contribution in [0.1, 0.15) is 47.5 Å². The Balaban J connectivity index is 2.80. The molecule has 4 nitrogen and oxygen atoms in total. The van der Waals surface area contributed by atoms with Gasteiger partial charge >= 0.3 is 0 Å². The molecule has 0 aromatic rings. The Hall–Kier alpha value is -0.160. The summed E-state index contributed by atoms with van der Waals surface area (Å²) in [5, 5.41) is 0. The number of nitrogens with two attached hydrogens (primary N) is 1. The molecule has 0 amide bonds. The van der Waals surface area contributed by atoms with E-state index in [2.05, 4.69) is 25.7 Å². The van der Waals surface area contributed by atoms with E-state index in [1.807, 2.05) is 13.8 Å². The van der Waals surface area contributed by atoms with Crippen LogP contribution in [0.5, 0.6) is 0 Å². The van der Waals surface area contributed by atoms with Gasteiger partial charge in [-0.3, -0.25) is 4.90 Å². The van der Waals surface area contributed by atoms with Crippen molar-refractivity contribution < 1.29 is 9.47 Å². The van der Waals surface area contributed by atoms with Gasteiger partial charge in [0.1, 0.15) is 0 Å². The Morgan fingerprint density at radius 2 is 1.62 bits per heavy atom. The molecule has 2 N–H and O–H groups in total. The van der Waals surface area contributed by atoms with Crippen molar-refractivity contribution in [2.75, 3.05) is 46.1 Å². The Kier molecular flexibility index (Phi) is 7.62. The van der Waals surface area contributed by atoms with Crippen molar-refractivity contribution in [2.45, 2.75) is 53.0 Å². The standard InChI is InChI=1S/C17H36N2O2/c1-6-20-10-8-19(9-11-21-7-2)17(14-18)13-16(4,5)12-15(17)3/h15H,6-14,18H2,1-5H3. The summed E-state index contributed by atoms with van der Waals surface area (Å²) in [4.78, 5) is 2.54. The molecule has 0 radical (unpaired) electrons. The zero-order valence-corrected chi connectivity index (χ0v) is 14.8. The minimum atomic E-state index is 0.0949. The van der Waals surface area contributed by atoms with Crippen LogP contribution in [-0.4, -0.2) is 56.5 Å². The van der Waals surface area contributed by atoms with Gasteiger partial charge in [0.05, 0.1) is 13.2 Å². The maximum Gasteiger partial charge on any atom is 0.0593 e. The minimum absolute atomic E-state index is 0.0949. The molecule has 0 saturated heterocycles. The van der Waals surface area contributed by atoms with Gasteiger partial charge in [0.15, 0.2) is 0 Å². The molecule has 4 heteroatoms. The van der Waals surface area contributed by atoms with Gasteiger partial charge in [-0.2, -0.15) is 0 Å². The van der Waals surface area contributed by atoms with Crippen molar-refractivity contribution in [2.24, 2.45) is 17.1 Å². The molecule has 126 valence electrons. The molecule has 1 saturated carbocycles. The van der Waals surface area contributed by atoms with Crippen LogP contribution in [0.2, 0.25) is 0 Å². The van der Waals surface area contributed by atoms with E-state index in [0.717, 1.165) is 52.5 Å². The molecule has 0 aromatic heterocycles. The quantitative estimate of drug-likeness (QED) is 0.630. The molecule has 2 unspecified atom stereocenters. The van der Waals surface area contributed by atoms with Gasteiger partial charge in [-0.15, -0.1) is 0 Å². The topological polar surface area (TPSA) is 47.7 Å². The number of hydrogen-bond acceptors (Lipinski definition) is 4. The monoisotopic (exact) mass is 300 g/mol. The first-order valence-electron chi connectivity index (χ1n) is 8.52. The fraction of sp³-hybridized carbons (Fsp3) is 1.00. The highest BCUT2D eigenvalue weighted by Crippen LogP contribution is 2.49. The molecule has 0 heterocycles. The third kappa shape index (κ3) is 4.92. The number of hydrogen-bond donors (Lipinski definition) is 1. The molecule has 1 aliphatic carbocycles. The van der Waals surface area contributed by atoms with E-state index in [4.69, 9.17) is 15.2 Å². The lowest BCUT2D eigenvalue weighted by molar-refractivity contribution is 0.00449. The van der Waals surface area contributed by atoms with Gasteiger partial charge in [-0.25, -0.2) is 0 Å². The third-order valence-corrected chi connectivity index (χ3v) is 4.96. The fourth-order valence-electron chi connectivity index (χ4n) is 4.12. The molecule has 0 aromatic carbocycles. The number of rotatable bonds is 10. The highest BCUT2D eigenvalue weighted by atomic mass is 16.5. The Bertz CT molecular complexity index is 287. The van der Waals surface area contributed by atoms with E-state index < -0.39 is 0 Å². The van der Waals surface area contributed by atoms with Crippen molar-refractivity contribution in [3.63, 3.8) is 0 Å². The lowest BCUT2D eigenvalue weighted by Gasteiger charge is -2.44. The van der Waals surface area contributed by atoms with Crippen molar-refractivity contribution in [1.82, 2.24) is 4.90 Å². The lowest BCUT2D eigenvalue weighted by Crippen LogP contribution is -2.57. The summed E-state index contributed by atoms with van der Waals surface area (Å²) in [6.45, 7) is 16.9. The largest absolute Gasteiger partial charge is 0.380 e. The summed E-state index contributed by atoms with van der Waals surface area (Å²) in [6.07, 6.45) is 2.40. The van der Waals surface area contributed by atoms with E-state index in [-0.39, 0.29) is 5.54 Å². The first-order valence-corrected chi connectivity index (χ1v) is 8.52. The zero-order valence-electron chi connectivity index (χ0n) is 14.8. The van der Waals surface area contributed by atoms with Crippen molar-refractivity contribution in [3.05, 3.63) is 0 Å². The average molecular weight is 300 g/mol. The normalized spacial score (nSPS) is 28.4. The molecule has 1 aliphatic rings. The summed E-state index contributed by atoms with van der Waals surface area (Å²) in [6, 6.07) is 0. The van der Waals surface area contributed by atoms with Gasteiger partial charge in [0.25, 0.3) is 0 Å². The minimum Gasteiger partial charge on any atom is -0.380 e. The molecule has 21 heavy (non-hydrogen) atoms. The van der Waals surface area contributed by atoms with Gasteiger partial charge in [-0.1, -0.05) is 20.8 Å². The first-order chi connectivity index (χ1) is 9.91. The van der Waals surface area contributed by atoms with Crippen LogP contribution in [0, 0.1) is 11.3 Å². The van der Waals surface area contributed by atoms with Gasteiger partial charge in [-0.05, 0) is 38.0 Å². The molecule has 2 atom stereocenters. The summed E-state index contributed by atoms with van der Waals surface area (Å²) in [5.41, 5.74) is 6.73. The third-order valence-electron chi connectivity index (χ3n) is 4.96. The molecule has 0 aliphatic heterocycles. The van der Waals surface area contributed by atoms with Crippen LogP contribution >= 0.6 is 0 Å². The maximum atomic E-state index is 6.27. The summed E-state index contributed by atoms with van der Waals surface area (Å²) in [5.74, 6) is 0.612. The average Bonchev–Trinajstić information content (AvgIpc) is 2.67. The van der Waals surface area contributed by atoms with Crippen LogP contribution in [0.15, 0.2) is 0 Å². The highest BCUT2D eigenvalue weighted by Gasteiger charge is 2.50. The van der Waals surface area contributed by atoms with Crippen LogP contribution in [0.4, 0.5) is 0 Å². The summed E-state index contributed by atoms with van der Waals surface area (Å²) >= 11 is 0. The van der Waals surface area contributed by atoms with E-state index in [1.165, 1.54) is 6.42 Å². The smallest absolute Gasteiger partial charge is 0.0593 e. The number of nitrogens with zero attached hydrogens (tertiary/aromatic N) is 1. The van der Waals surface area contributed by atoms with Crippen molar-refractivity contribution >= 4 is 0 Å². The predicted molar refractivity (Wildman–Crippen MR) is 88.5 cm³/mol. The Morgan fingerprint density at radius 3 is 1.95 bits per heavy atom. The van der Waals surface area contributed by atoms with Gasteiger partial charge in [0, 0.05) is 38.4 Å². The SMILES string of the molecule is CCOCCN(CCOCC)C1(CN)CC(C)(C)CC1C. The Morgan fingerprint density at radius 1 is 1.10 bits per heavy atom. The van der Waals surface area contributed by atoms with E-state index in [9.17, 15) is 0 Å². The Labute approximate surface area is 131 Å². The molecular weight excluding hydrogens is 264 g/mol. The predicted octanol–water partition coefficient (Wildman–Crippen LogP) is 2.51. The summed E-state index contributed by atoms with van der Waals surface area (Å²) in [7, 11) is 0. The fourth-order valence-corrected chi connectivity index (χ4v) is 4.12. The van der Waals surface area contributed by atoms with Crippen LogP contribution < -0.4 is 5.73 Å². The second-order valence-electron chi connectivity index (χ2n) is 7.13. The second kappa shape index (κ2) is 8.47. The van der Waals surface area contributed by atoms with E-state index in [0.29, 0.717) is 11.3 Å². The maximum absolute atomic E-state index is 6.27. The first kappa shape index (κ1) is 18.9. The number of ether oxygens (including phenoxy) is 2. The van der Waals surface area contributed by atoms with Crippen LogP contribution in [-0.2, 0) is 9.47 Å². The molecule has 1 fully saturated rings. The van der Waals surface area contributed by atoms with Crippen LogP contribution in [0.3, 0.4) is 0 Å². The highest BCUT2D eigenvalue weighted by molar-refractivity contribution is 5.06. The van der Waals surface area contributed by atoms with Crippen molar-refractivity contribution in [1.29, 1.82) is 0 Å². The van der Waals surface area contributed by atoms with Gasteiger partial charge in [0.2, 0.25) is 0 Å². The molecule has 0 spiro atoms. The van der Waals surface area contributed by atoms with Crippen molar-refractivity contribution in [3.8, 4) is 0 Å². The van der Waals surface area contributed by atoms with Crippen LogP contribution in [0.25, 0.3) is 0 Å². The summed E-state index contributed by atoms with van der Waals surface area (Å²) < 4.78 is 11.2. The van der Waals surface area contributed by atoms with E-state index in [1.54, 1.807) is 0 Å². The second-order valence-corrected chi connectivity index (χ2v) is 7.13. The lowest BCUT2D eigenvalue weighted by atomic mass is 9.84.